The average Bonchev–Trinajstić information content (AvgIpc) is 2.58. The van der Waals surface area contributed by atoms with E-state index in [1.165, 1.54) is 17.7 Å². The van der Waals surface area contributed by atoms with Crippen LogP contribution < -0.4 is 14.8 Å². The lowest BCUT2D eigenvalue weighted by molar-refractivity contribution is -0.894. The first-order chi connectivity index (χ1) is 11.5. The molecule has 0 aliphatic heterocycles. The lowest BCUT2D eigenvalue weighted by Gasteiger charge is -2.21. The molecule has 1 aromatic heterocycles. The van der Waals surface area contributed by atoms with Crippen molar-refractivity contribution < 1.29 is 15.0 Å². The monoisotopic (exact) mass is 331 g/mol. The Kier molecular flexibility index (Phi) is 6.44. The summed E-state index contributed by atoms with van der Waals surface area (Å²) in [6.45, 7) is 12.5. The summed E-state index contributed by atoms with van der Waals surface area (Å²) >= 11 is 0. The number of aromatic amines is 1. The number of fused-ring (bicyclic) bond motifs is 1. The van der Waals surface area contributed by atoms with Gasteiger partial charge in [-0.25, -0.2) is 4.98 Å². The quantitative estimate of drug-likeness (QED) is 0.779. The highest BCUT2D eigenvalue weighted by Gasteiger charge is 2.21. The van der Waals surface area contributed by atoms with E-state index in [-0.39, 0.29) is 0 Å². The molecule has 2 aromatic rings. The predicted molar refractivity (Wildman–Crippen MR) is 101 cm³/mol. The molecule has 0 aliphatic carbocycles. The van der Waals surface area contributed by atoms with E-state index < -0.39 is 0 Å². The Labute approximate surface area is 146 Å². The fourth-order valence-corrected chi connectivity index (χ4v) is 3.33. The normalized spacial score (nSPS) is 12.5. The van der Waals surface area contributed by atoms with Gasteiger partial charge in [0.2, 0.25) is 5.52 Å². The summed E-state index contributed by atoms with van der Waals surface area (Å²) in [5, 5.41) is 11.8. The third-order valence-corrected chi connectivity index (χ3v) is 4.88. The van der Waals surface area contributed by atoms with E-state index >= 15 is 0 Å². The van der Waals surface area contributed by atoms with Gasteiger partial charge in [0, 0.05) is 31.8 Å². The molecule has 1 atom stereocenters. The number of aromatic nitrogens is 1. The minimum Gasteiger partial charge on any atom is -0.506 e. The van der Waals surface area contributed by atoms with Gasteiger partial charge in [-0.05, 0) is 32.4 Å². The van der Waals surface area contributed by atoms with Crippen LogP contribution in [0.2, 0.25) is 0 Å². The number of nitrogens with one attached hydrogen (secondary N) is 2. The fraction of sp³-hybridized carbons (Fsp3) is 0.550. The van der Waals surface area contributed by atoms with Crippen molar-refractivity contribution in [2.24, 2.45) is 0 Å². The van der Waals surface area contributed by atoms with Gasteiger partial charge in [-0.1, -0.05) is 13.3 Å². The second kappa shape index (κ2) is 8.34. The first-order valence-electron chi connectivity index (χ1n) is 9.25. The van der Waals surface area contributed by atoms with Gasteiger partial charge in [0.05, 0.1) is 19.0 Å². The summed E-state index contributed by atoms with van der Waals surface area (Å²) in [4.78, 5) is 7.21. The van der Waals surface area contributed by atoms with Gasteiger partial charge < -0.3 is 14.9 Å². The third-order valence-electron chi connectivity index (χ3n) is 4.88. The Morgan fingerprint density at radius 2 is 1.88 bits per heavy atom. The molecule has 1 unspecified atom stereocenters. The molecular formula is C20H33N3O+2. The van der Waals surface area contributed by atoms with Gasteiger partial charge in [-0.2, -0.15) is 0 Å². The Balaban J connectivity index is 2.41. The molecule has 0 fully saturated rings. The zero-order valence-electron chi connectivity index (χ0n) is 15.9. The molecule has 1 aromatic carbocycles. The van der Waals surface area contributed by atoms with Crippen LogP contribution in [0, 0.1) is 6.92 Å². The van der Waals surface area contributed by atoms with Crippen LogP contribution in [0.1, 0.15) is 44.9 Å². The van der Waals surface area contributed by atoms with Gasteiger partial charge in [0.1, 0.15) is 17.9 Å². The van der Waals surface area contributed by atoms with Gasteiger partial charge >= 0.3 is 0 Å². The minimum atomic E-state index is 0.436. The zero-order chi connectivity index (χ0) is 17.7. The molecule has 4 heteroatoms. The minimum absolute atomic E-state index is 0.436. The Hall–Kier alpha value is -1.81. The second-order valence-corrected chi connectivity index (χ2v) is 6.72. The molecule has 0 radical (unpaired) electrons. The summed E-state index contributed by atoms with van der Waals surface area (Å²) in [7, 11) is 2.20. The predicted octanol–water partition coefficient (Wildman–Crippen LogP) is 2.33. The van der Waals surface area contributed by atoms with Crippen LogP contribution in [0.5, 0.6) is 5.75 Å². The number of anilines is 1. The van der Waals surface area contributed by atoms with Crippen molar-refractivity contribution in [3.8, 4) is 5.75 Å². The topological polar surface area (TPSA) is 42.0 Å². The van der Waals surface area contributed by atoms with E-state index in [1.54, 1.807) is 0 Å². The maximum absolute atomic E-state index is 10.9. The highest BCUT2D eigenvalue weighted by atomic mass is 16.3. The maximum Gasteiger partial charge on any atom is 0.214 e. The number of aromatic hydroxyl groups is 1. The van der Waals surface area contributed by atoms with Crippen molar-refractivity contribution in [1.29, 1.82) is 0 Å². The lowest BCUT2D eigenvalue weighted by atomic mass is 10.1. The smallest absolute Gasteiger partial charge is 0.214 e. The molecule has 132 valence electrons. The third kappa shape index (κ3) is 3.99. The number of quaternary nitrogens is 1. The SMILES string of the molecule is CCCC[NH+](C)Cc1c(C)[nH+]c2ccc(N(CC)CC)cc2c1O. The molecule has 2 rings (SSSR count). The van der Waals surface area contributed by atoms with Crippen LogP contribution in [0.4, 0.5) is 5.69 Å². The number of unbranched alkanes of at least 4 members (excludes halogenated alkanes) is 1. The summed E-state index contributed by atoms with van der Waals surface area (Å²) < 4.78 is 0. The molecule has 0 spiro atoms. The van der Waals surface area contributed by atoms with Crippen LogP contribution >= 0.6 is 0 Å². The second-order valence-electron chi connectivity index (χ2n) is 6.72. The molecule has 4 nitrogen and oxygen atoms in total. The van der Waals surface area contributed by atoms with Crippen LogP contribution in [-0.4, -0.2) is 31.8 Å². The first-order valence-corrected chi connectivity index (χ1v) is 9.25. The van der Waals surface area contributed by atoms with E-state index in [2.05, 4.69) is 62.8 Å². The molecule has 0 bridgehead atoms. The molecule has 0 saturated heterocycles. The number of nitrogens with zero attached hydrogens (tertiary/aromatic N) is 1. The van der Waals surface area contributed by atoms with Crippen molar-refractivity contribution in [3.05, 3.63) is 29.5 Å². The number of hydrogen-bond acceptors (Lipinski definition) is 2. The maximum atomic E-state index is 10.9. The van der Waals surface area contributed by atoms with Crippen LogP contribution in [-0.2, 0) is 6.54 Å². The van der Waals surface area contributed by atoms with Gasteiger partial charge in [-0.15, -0.1) is 0 Å². The van der Waals surface area contributed by atoms with Crippen LogP contribution in [0.25, 0.3) is 10.9 Å². The van der Waals surface area contributed by atoms with Gasteiger partial charge in [0.25, 0.3) is 0 Å². The number of H-pyrrole nitrogens is 1. The number of hydrogen-bond donors (Lipinski definition) is 2. The van der Waals surface area contributed by atoms with Gasteiger partial charge in [-0.3, -0.25) is 0 Å². The highest BCUT2D eigenvalue weighted by molar-refractivity contribution is 5.87. The number of pyridine rings is 1. The zero-order valence-corrected chi connectivity index (χ0v) is 15.9. The standard InChI is InChI=1S/C20H31N3O/c1-6-9-12-22(5)14-18-15(4)21-19-11-10-16(23(7-2)8-3)13-17(19)20(18)24/h10-11,13H,6-9,12,14H2,1-5H3,(H,21,24)/p+2. The Bertz CT molecular complexity index is 680. The molecule has 0 amide bonds. The Morgan fingerprint density at radius 1 is 1.17 bits per heavy atom. The summed E-state index contributed by atoms with van der Waals surface area (Å²) in [5.41, 5.74) is 4.26. The van der Waals surface area contributed by atoms with E-state index in [0.29, 0.717) is 5.75 Å². The molecule has 1 heterocycles. The highest BCUT2D eigenvalue weighted by Crippen LogP contribution is 2.30. The molecule has 24 heavy (non-hydrogen) atoms. The number of aryl methyl sites for hydroxylation is 1. The number of rotatable bonds is 8. The van der Waals surface area contributed by atoms with E-state index in [4.69, 9.17) is 0 Å². The molecule has 0 aliphatic rings. The summed E-state index contributed by atoms with van der Waals surface area (Å²) in [6, 6.07) is 6.31. The van der Waals surface area contributed by atoms with Crippen molar-refractivity contribution in [2.45, 2.75) is 47.1 Å². The van der Waals surface area contributed by atoms with Gasteiger partial charge in [0.15, 0.2) is 5.69 Å². The summed E-state index contributed by atoms with van der Waals surface area (Å²) in [5.74, 6) is 0.436. The van der Waals surface area contributed by atoms with E-state index in [9.17, 15) is 5.11 Å². The lowest BCUT2D eigenvalue weighted by Crippen LogP contribution is -3.07. The average molecular weight is 332 g/mol. The van der Waals surface area contributed by atoms with Crippen LogP contribution in [0.3, 0.4) is 0 Å². The molecular weight excluding hydrogens is 298 g/mol. The first kappa shape index (κ1) is 18.5. The molecule has 3 N–H and O–H groups in total. The van der Waals surface area contributed by atoms with Crippen LogP contribution in [0.15, 0.2) is 18.2 Å². The largest absolute Gasteiger partial charge is 0.506 e. The fourth-order valence-electron chi connectivity index (χ4n) is 3.33. The Morgan fingerprint density at radius 3 is 2.50 bits per heavy atom. The molecule has 0 saturated carbocycles. The summed E-state index contributed by atoms with van der Waals surface area (Å²) in [6.07, 6.45) is 2.43. The van der Waals surface area contributed by atoms with Crippen molar-refractivity contribution in [2.75, 3.05) is 31.6 Å². The number of benzene rings is 1. The van der Waals surface area contributed by atoms with Crippen molar-refractivity contribution in [1.82, 2.24) is 0 Å². The van der Waals surface area contributed by atoms with E-state index in [1.807, 2.05) is 0 Å². The van der Waals surface area contributed by atoms with Crippen molar-refractivity contribution in [3.63, 3.8) is 0 Å². The van der Waals surface area contributed by atoms with E-state index in [0.717, 1.165) is 54.0 Å². The van der Waals surface area contributed by atoms with Crippen molar-refractivity contribution >= 4 is 16.6 Å².